The Morgan fingerprint density at radius 3 is 2.67 bits per heavy atom. The van der Waals surface area contributed by atoms with Crippen molar-refractivity contribution >= 4 is 0 Å². The predicted octanol–water partition coefficient (Wildman–Crippen LogP) is 5.42. The fraction of sp³-hybridized carbons (Fsp3) is 0.828. The molecule has 0 bridgehead atoms. The van der Waals surface area contributed by atoms with E-state index < -0.39 is 11.2 Å². The van der Waals surface area contributed by atoms with E-state index in [2.05, 4.69) is 24.9 Å². The highest BCUT2D eigenvalue weighted by Gasteiger charge is 2.59. The molecule has 0 saturated heterocycles. The fourth-order valence-corrected chi connectivity index (χ4v) is 9.46. The third-order valence-corrected chi connectivity index (χ3v) is 11.0. The van der Waals surface area contributed by atoms with Gasteiger partial charge in [0.1, 0.15) is 0 Å². The SMILES string of the molecule is C#Cc1cnn(C[C@@](C)(O)[C@H]2CCC[C@H]3[C@@H]4CC[C@H]5C[C@@](O)(CC)CC[C@@H]5[C@H]4CC[C@@]32C)c1. The van der Waals surface area contributed by atoms with Gasteiger partial charge in [-0.25, -0.2) is 0 Å². The van der Waals surface area contributed by atoms with Crippen LogP contribution in [0.3, 0.4) is 0 Å². The zero-order chi connectivity index (χ0) is 23.4. The van der Waals surface area contributed by atoms with Crippen LogP contribution in [0.25, 0.3) is 0 Å². The standard InChI is InChI=1S/C29H44N2O2/c1-5-20-17-30-31(18-20)19-28(4,32)26-9-7-8-25-24-11-10-21-16-29(33,6-2)15-13-22(21)23(24)12-14-27(25,26)3/h1,17-18,21-26,32-33H,6-16,19H2,2-4H3/t21-,22-,23+,24+,25-,26-,27-,28+,29+/m0/s1. The van der Waals surface area contributed by atoms with Crippen LogP contribution in [-0.2, 0) is 6.54 Å². The minimum absolute atomic E-state index is 0.191. The summed E-state index contributed by atoms with van der Waals surface area (Å²) in [7, 11) is 0. The van der Waals surface area contributed by atoms with Crippen LogP contribution in [-0.4, -0.2) is 31.2 Å². The Balaban J connectivity index is 1.35. The van der Waals surface area contributed by atoms with Crippen LogP contribution in [0.15, 0.2) is 12.4 Å². The first-order valence-corrected chi connectivity index (χ1v) is 13.6. The Hall–Kier alpha value is -1.31. The summed E-state index contributed by atoms with van der Waals surface area (Å²) in [6.07, 6.45) is 22.1. The van der Waals surface area contributed by atoms with Crippen molar-refractivity contribution in [2.75, 3.05) is 0 Å². The van der Waals surface area contributed by atoms with Crippen LogP contribution >= 0.6 is 0 Å². The van der Waals surface area contributed by atoms with Crippen LogP contribution in [0, 0.1) is 53.3 Å². The molecule has 5 rings (SSSR count). The molecule has 0 amide bonds. The number of hydrogen-bond acceptors (Lipinski definition) is 3. The largest absolute Gasteiger partial charge is 0.390 e. The maximum atomic E-state index is 11.8. The summed E-state index contributed by atoms with van der Waals surface area (Å²) < 4.78 is 1.84. The van der Waals surface area contributed by atoms with E-state index in [9.17, 15) is 10.2 Å². The van der Waals surface area contributed by atoms with Crippen LogP contribution in [0.4, 0.5) is 0 Å². The second-order valence-corrected chi connectivity index (χ2v) is 12.7. The summed E-state index contributed by atoms with van der Waals surface area (Å²) >= 11 is 0. The van der Waals surface area contributed by atoms with Gasteiger partial charge >= 0.3 is 0 Å². The molecule has 1 aromatic heterocycles. The van der Waals surface area contributed by atoms with Crippen LogP contribution in [0.2, 0.25) is 0 Å². The van der Waals surface area contributed by atoms with Crippen molar-refractivity contribution in [3.63, 3.8) is 0 Å². The summed E-state index contributed by atoms with van der Waals surface area (Å²) in [5.41, 5.74) is -0.232. The quantitative estimate of drug-likeness (QED) is 0.600. The molecule has 2 N–H and O–H groups in total. The molecule has 0 unspecified atom stereocenters. The molecule has 33 heavy (non-hydrogen) atoms. The van der Waals surface area contributed by atoms with Crippen molar-refractivity contribution in [1.29, 1.82) is 0 Å². The zero-order valence-corrected chi connectivity index (χ0v) is 21.0. The van der Waals surface area contributed by atoms with E-state index in [1.54, 1.807) is 6.20 Å². The molecular weight excluding hydrogens is 408 g/mol. The molecule has 0 spiro atoms. The lowest BCUT2D eigenvalue weighted by molar-refractivity contribution is -0.171. The van der Waals surface area contributed by atoms with Gasteiger partial charge in [-0.05, 0) is 112 Å². The monoisotopic (exact) mass is 452 g/mol. The fourth-order valence-electron chi connectivity index (χ4n) is 9.46. The Morgan fingerprint density at radius 1 is 1.15 bits per heavy atom. The summed E-state index contributed by atoms with van der Waals surface area (Å²) in [6, 6.07) is 0. The van der Waals surface area contributed by atoms with Crippen molar-refractivity contribution in [3.8, 4) is 12.3 Å². The molecule has 4 saturated carbocycles. The third kappa shape index (κ3) is 3.98. The Kier molecular flexibility index (Phi) is 5.98. The van der Waals surface area contributed by atoms with E-state index in [-0.39, 0.29) is 11.3 Å². The normalized spacial score (nSPS) is 44.6. The van der Waals surface area contributed by atoms with Crippen molar-refractivity contribution in [2.45, 2.75) is 109 Å². The number of nitrogens with zero attached hydrogens (tertiary/aromatic N) is 2. The lowest BCUT2D eigenvalue weighted by atomic mass is 9.43. The molecular formula is C29H44N2O2. The van der Waals surface area contributed by atoms with Crippen molar-refractivity contribution in [3.05, 3.63) is 18.0 Å². The lowest BCUT2D eigenvalue weighted by Gasteiger charge is -2.62. The molecule has 4 aliphatic rings. The average molecular weight is 453 g/mol. The van der Waals surface area contributed by atoms with Gasteiger partial charge < -0.3 is 10.2 Å². The van der Waals surface area contributed by atoms with Gasteiger partial charge in [0.2, 0.25) is 0 Å². The minimum atomic E-state index is -0.794. The van der Waals surface area contributed by atoms with Crippen molar-refractivity contribution in [2.24, 2.45) is 40.9 Å². The zero-order valence-electron chi connectivity index (χ0n) is 21.0. The summed E-state index contributed by atoms with van der Waals surface area (Å²) in [5, 5.41) is 27.2. The van der Waals surface area contributed by atoms with Gasteiger partial charge in [0.25, 0.3) is 0 Å². The molecule has 4 nitrogen and oxygen atoms in total. The van der Waals surface area contributed by atoms with Crippen molar-refractivity contribution < 1.29 is 10.2 Å². The van der Waals surface area contributed by atoms with E-state index >= 15 is 0 Å². The first-order valence-electron chi connectivity index (χ1n) is 13.6. The molecule has 0 aromatic carbocycles. The van der Waals surface area contributed by atoms with Crippen LogP contribution in [0.5, 0.6) is 0 Å². The summed E-state index contributed by atoms with van der Waals surface area (Å²) in [5.74, 6) is 6.82. The number of aliphatic hydroxyl groups is 2. The summed E-state index contributed by atoms with van der Waals surface area (Å²) in [6.45, 7) is 7.21. The van der Waals surface area contributed by atoms with Gasteiger partial charge in [0, 0.05) is 6.20 Å². The number of aromatic nitrogens is 2. The molecule has 1 aromatic rings. The molecule has 4 fully saturated rings. The maximum absolute atomic E-state index is 11.8. The van der Waals surface area contributed by atoms with Gasteiger partial charge in [-0.1, -0.05) is 26.2 Å². The highest BCUT2D eigenvalue weighted by molar-refractivity contribution is 5.26. The molecule has 4 aliphatic carbocycles. The maximum Gasteiger partial charge on any atom is 0.0848 e. The van der Waals surface area contributed by atoms with Gasteiger partial charge in [-0.15, -0.1) is 6.42 Å². The lowest BCUT2D eigenvalue weighted by Crippen LogP contribution is -2.58. The molecule has 182 valence electrons. The molecule has 0 aliphatic heterocycles. The van der Waals surface area contributed by atoms with E-state index in [1.165, 1.54) is 44.9 Å². The van der Waals surface area contributed by atoms with Crippen LogP contribution in [0.1, 0.15) is 97.0 Å². The third-order valence-electron chi connectivity index (χ3n) is 11.0. The van der Waals surface area contributed by atoms with Gasteiger partial charge in [-0.3, -0.25) is 4.68 Å². The topological polar surface area (TPSA) is 58.3 Å². The highest BCUT2D eigenvalue weighted by Crippen LogP contribution is 2.64. The first kappa shape index (κ1) is 23.4. The first-order chi connectivity index (χ1) is 15.7. The Labute approximate surface area is 200 Å². The van der Waals surface area contributed by atoms with E-state index in [0.29, 0.717) is 12.5 Å². The Bertz CT molecular complexity index is 900. The van der Waals surface area contributed by atoms with E-state index in [4.69, 9.17) is 6.42 Å². The van der Waals surface area contributed by atoms with E-state index in [1.807, 2.05) is 17.8 Å². The van der Waals surface area contributed by atoms with Crippen LogP contribution < -0.4 is 0 Å². The molecule has 4 heteroatoms. The van der Waals surface area contributed by atoms with Crippen molar-refractivity contribution in [1.82, 2.24) is 9.78 Å². The van der Waals surface area contributed by atoms with E-state index in [0.717, 1.165) is 54.9 Å². The average Bonchev–Trinajstić information content (AvgIpc) is 3.24. The number of terminal acetylenes is 1. The number of rotatable bonds is 4. The highest BCUT2D eigenvalue weighted by atomic mass is 16.3. The second-order valence-electron chi connectivity index (χ2n) is 12.7. The molecule has 0 radical (unpaired) electrons. The predicted molar refractivity (Wildman–Crippen MR) is 131 cm³/mol. The van der Waals surface area contributed by atoms with Gasteiger partial charge in [0.05, 0.1) is 29.5 Å². The Morgan fingerprint density at radius 2 is 1.94 bits per heavy atom. The smallest absolute Gasteiger partial charge is 0.0848 e. The second kappa shape index (κ2) is 8.42. The number of fused-ring (bicyclic) bond motifs is 5. The van der Waals surface area contributed by atoms with Gasteiger partial charge in [0.15, 0.2) is 0 Å². The van der Waals surface area contributed by atoms with Gasteiger partial charge in [-0.2, -0.15) is 5.10 Å². The number of hydrogen-bond donors (Lipinski definition) is 2. The molecule has 9 atom stereocenters. The minimum Gasteiger partial charge on any atom is -0.390 e. The molecule has 1 heterocycles. The summed E-state index contributed by atoms with van der Waals surface area (Å²) in [4.78, 5) is 0.